The molecule has 0 unspecified atom stereocenters. The van der Waals surface area contributed by atoms with Crippen molar-refractivity contribution >= 4 is 34.7 Å². The third kappa shape index (κ3) is 5.36. The number of thioether (sulfide) groups is 1. The summed E-state index contributed by atoms with van der Waals surface area (Å²) in [5.74, 6) is 0.235. The Morgan fingerprint density at radius 3 is 2.71 bits per heavy atom. The van der Waals surface area contributed by atoms with Gasteiger partial charge < -0.3 is 14.5 Å². The first-order valence-corrected chi connectivity index (χ1v) is 10.1. The van der Waals surface area contributed by atoms with Gasteiger partial charge in [0, 0.05) is 24.3 Å². The van der Waals surface area contributed by atoms with Crippen molar-refractivity contribution in [1.82, 2.24) is 10.3 Å². The Kier molecular flexibility index (Phi) is 7.08. The summed E-state index contributed by atoms with van der Waals surface area (Å²) < 4.78 is 10.3. The van der Waals surface area contributed by atoms with Crippen LogP contribution in [0.25, 0.3) is 11.1 Å². The highest BCUT2D eigenvalue weighted by molar-refractivity contribution is 7.98. The number of para-hydroxylation sites is 2. The second-order valence-corrected chi connectivity index (χ2v) is 7.11. The molecule has 0 aliphatic carbocycles. The first-order chi connectivity index (χ1) is 13.7. The first-order valence-electron chi connectivity index (χ1n) is 9.08. The monoisotopic (exact) mass is 398 g/mol. The van der Waals surface area contributed by atoms with E-state index in [1.54, 1.807) is 0 Å². The SMILES string of the molecule is COC(=O)CCCCNC(=O)c1ccccc1CSc1nc2ccccc2o1. The van der Waals surface area contributed by atoms with E-state index in [1.165, 1.54) is 18.9 Å². The van der Waals surface area contributed by atoms with Crippen LogP contribution in [0.1, 0.15) is 35.2 Å². The van der Waals surface area contributed by atoms with Crippen molar-refractivity contribution in [3.05, 3.63) is 59.7 Å². The van der Waals surface area contributed by atoms with Crippen LogP contribution in [0.3, 0.4) is 0 Å². The molecule has 1 N–H and O–H groups in total. The Labute approximate surface area is 167 Å². The summed E-state index contributed by atoms with van der Waals surface area (Å²) in [5.41, 5.74) is 3.13. The van der Waals surface area contributed by atoms with Crippen molar-refractivity contribution in [3.8, 4) is 0 Å². The van der Waals surface area contributed by atoms with Crippen molar-refractivity contribution in [2.24, 2.45) is 0 Å². The zero-order valence-electron chi connectivity index (χ0n) is 15.6. The Bertz CT molecular complexity index is 921. The van der Waals surface area contributed by atoms with Crippen LogP contribution >= 0.6 is 11.8 Å². The molecule has 0 aliphatic heterocycles. The van der Waals surface area contributed by atoms with E-state index >= 15 is 0 Å². The molecular weight excluding hydrogens is 376 g/mol. The van der Waals surface area contributed by atoms with E-state index in [4.69, 9.17) is 4.42 Å². The zero-order valence-corrected chi connectivity index (χ0v) is 16.5. The number of carbonyl (C=O) groups excluding carboxylic acids is 2. The molecule has 0 atom stereocenters. The number of esters is 1. The van der Waals surface area contributed by atoms with Crippen molar-refractivity contribution in [3.63, 3.8) is 0 Å². The van der Waals surface area contributed by atoms with E-state index in [0.717, 1.165) is 23.1 Å². The van der Waals surface area contributed by atoms with Gasteiger partial charge in [0.1, 0.15) is 5.52 Å². The number of oxazole rings is 1. The zero-order chi connectivity index (χ0) is 19.8. The maximum Gasteiger partial charge on any atom is 0.305 e. The quantitative estimate of drug-likeness (QED) is 0.331. The lowest BCUT2D eigenvalue weighted by molar-refractivity contribution is -0.140. The number of methoxy groups -OCH3 is 1. The third-order valence-corrected chi connectivity index (χ3v) is 5.09. The molecule has 0 aliphatic rings. The standard InChI is InChI=1S/C21H22N2O4S/c1-26-19(24)12-6-7-13-22-20(25)16-9-3-2-8-15(16)14-28-21-23-17-10-4-5-11-18(17)27-21/h2-5,8-11H,6-7,12-14H2,1H3,(H,22,25). The van der Waals surface area contributed by atoms with Gasteiger partial charge in [0.25, 0.3) is 11.1 Å². The Hall–Kier alpha value is -2.80. The minimum Gasteiger partial charge on any atom is -0.469 e. The predicted molar refractivity (Wildman–Crippen MR) is 108 cm³/mol. The molecule has 3 rings (SSSR count). The number of nitrogens with one attached hydrogen (secondary N) is 1. The second-order valence-electron chi connectivity index (χ2n) is 6.18. The number of aromatic nitrogens is 1. The molecule has 1 amide bonds. The largest absolute Gasteiger partial charge is 0.469 e. The molecule has 0 radical (unpaired) electrons. The molecule has 1 heterocycles. The molecule has 0 saturated heterocycles. The van der Waals surface area contributed by atoms with Gasteiger partial charge >= 0.3 is 5.97 Å². The fraction of sp³-hybridized carbons (Fsp3) is 0.286. The van der Waals surface area contributed by atoms with Gasteiger partial charge in [-0.2, -0.15) is 0 Å². The number of hydrogen-bond acceptors (Lipinski definition) is 6. The fourth-order valence-electron chi connectivity index (χ4n) is 2.71. The van der Waals surface area contributed by atoms with Crippen LogP contribution in [0.15, 0.2) is 58.2 Å². The first kappa shape index (κ1) is 19.9. The van der Waals surface area contributed by atoms with Crippen molar-refractivity contribution in [2.75, 3.05) is 13.7 Å². The molecule has 3 aromatic rings. The molecule has 146 valence electrons. The summed E-state index contributed by atoms with van der Waals surface area (Å²) in [6.45, 7) is 0.516. The number of nitrogens with zero attached hydrogens (tertiary/aromatic N) is 1. The summed E-state index contributed by atoms with van der Waals surface area (Å²) in [4.78, 5) is 28.1. The van der Waals surface area contributed by atoms with E-state index in [1.807, 2.05) is 48.5 Å². The van der Waals surface area contributed by atoms with Crippen molar-refractivity contribution in [1.29, 1.82) is 0 Å². The minimum absolute atomic E-state index is 0.119. The lowest BCUT2D eigenvalue weighted by atomic mass is 10.1. The van der Waals surface area contributed by atoms with Gasteiger partial charge in [-0.1, -0.05) is 42.1 Å². The normalized spacial score (nSPS) is 10.8. The average Bonchev–Trinajstić information content (AvgIpc) is 3.15. The number of amides is 1. The van der Waals surface area contributed by atoms with E-state index in [9.17, 15) is 9.59 Å². The third-order valence-electron chi connectivity index (χ3n) is 4.21. The predicted octanol–water partition coefficient (Wildman–Crippen LogP) is 4.19. The van der Waals surface area contributed by atoms with Gasteiger partial charge in [-0.05, 0) is 36.6 Å². The molecule has 1 aromatic heterocycles. The molecular formula is C21H22N2O4S. The van der Waals surface area contributed by atoms with E-state index in [0.29, 0.717) is 35.9 Å². The van der Waals surface area contributed by atoms with Crippen LogP contribution in [-0.2, 0) is 15.3 Å². The molecule has 0 spiro atoms. The number of benzene rings is 2. The fourth-order valence-corrected chi connectivity index (χ4v) is 3.56. The molecule has 28 heavy (non-hydrogen) atoms. The lowest BCUT2D eigenvalue weighted by Gasteiger charge is -2.09. The van der Waals surface area contributed by atoms with Crippen molar-refractivity contribution in [2.45, 2.75) is 30.2 Å². The number of fused-ring (bicyclic) bond motifs is 1. The average molecular weight is 398 g/mol. The van der Waals surface area contributed by atoms with E-state index < -0.39 is 0 Å². The Morgan fingerprint density at radius 1 is 1.11 bits per heavy atom. The van der Waals surface area contributed by atoms with E-state index in [2.05, 4.69) is 15.0 Å². The number of ether oxygens (including phenoxy) is 1. The van der Waals surface area contributed by atoms with Gasteiger partial charge in [0.05, 0.1) is 7.11 Å². The number of carbonyl (C=O) groups is 2. The van der Waals surface area contributed by atoms with Crippen LogP contribution in [0.5, 0.6) is 0 Å². The number of unbranched alkanes of at least 4 members (excludes halogenated alkanes) is 1. The minimum atomic E-state index is -0.229. The second kappa shape index (κ2) is 9.94. The van der Waals surface area contributed by atoms with Gasteiger partial charge in [0.15, 0.2) is 5.58 Å². The van der Waals surface area contributed by atoms with Crippen LogP contribution < -0.4 is 5.32 Å². The number of rotatable bonds is 9. The maximum atomic E-state index is 12.5. The highest BCUT2D eigenvalue weighted by atomic mass is 32.2. The van der Waals surface area contributed by atoms with Gasteiger partial charge in [0.2, 0.25) is 0 Å². The summed E-state index contributed by atoms with van der Waals surface area (Å²) in [7, 11) is 1.37. The maximum absolute atomic E-state index is 12.5. The summed E-state index contributed by atoms with van der Waals surface area (Å²) >= 11 is 1.46. The highest BCUT2D eigenvalue weighted by Crippen LogP contribution is 2.27. The molecule has 7 heteroatoms. The molecule has 6 nitrogen and oxygen atoms in total. The molecule has 0 fully saturated rings. The van der Waals surface area contributed by atoms with Crippen LogP contribution in [0, 0.1) is 0 Å². The molecule has 0 bridgehead atoms. The van der Waals surface area contributed by atoms with E-state index in [-0.39, 0.29) is 11.9 Å². The lowest BCUT2D eigenvalue weighted by Crippen LogP contribution is -2.25. The summed E-state index contributed by atoms with van der Waals surface area (Å²) in [6, 6.07) is 15.1. The topological polar surface area (TPSA) is 81.4 Å². The Balaban J connectivity index is 1.54. The van der Waals surface area contributed by atoms with Crippen LogP contribution in [-0.4, -0.2) is 30.5 Å². The smallest absolute Gasteiger partial charge is 0.305 e. The van der Waals surface area contributed by atoms with Gasteiger partial charge in [-0.3, -0.25) is 9.59 Å². The highest BCUT2D eigenvalue weighted by Gasteiger charge is 2.13. The summed E-state index contributed by atoms with van der Waals surface area (Å²) in [5, 5.41) is 3.49. The Morgan fingerprint density at radius 2 is 1.89 bits per heavy atom. The summed E-state index contributed by atoms with van der Waals surface area (Å²) in [6.07, 6.45) is 1.77. The molecule has 0 saturated carbocycles. The van der Waals surface area contributed by atoms with Crippen LogP contribution in [0.2, 0.25) is 0 Å². The van der Waals surface area contributed by atoms with Crippen molar-refractivity contribution < 1.29 is 18.7 Å². The van der Waals surface area contributed by atoms with Gasteiger partial charge in [-0.25, -0.2) is 4.98 Å². The number of hydrogen-bond donors (Lipinski definition) is 1. The van der Waals surface area contributed by atoms with Crippen LogP contribution in [0.4, 0.5) is 0 Å². The van der Waals surface area contributed by atoms with Gasteiger partial charge in [-0.15, -0.1) is 0 Å². The molecule has 2 aromatic carbocycles.